The molecule has 0 spiro atoms. The molecule has 0 aliphatic carbocycles. The Bertz CT molecular complexity index is 1080. The lowest BCUT2D eigenvalue weighted by Gasteiger charge is -2.32. The number of carbonyl (C=O) groups is 1. The number of fused-ring (bicyclic) bond motifs is 1. The van der Waals surface area contributed by atoms with E-state index in [1.807, 2.05) is 26.8 Å². The summed E-state index contributed by atoms with van der Waals surface area (Å²) < 4.78 is 15.0. The first kappa shape index (κ1) is 21.5. The first-order valence-corrected chi connectivity index (χ1v) is 10.3. The second-order valence-electron chi connectivity index (χ2n) is 7.06. The van der Waals surface area contributed by atoms with Crippen LogP contribution in [0.2, 0.25) is 0 Å². The molecule has 2 amide bonds. The Balaban J connectivity index is 2.28. The Morgan fingerprint density at radius 3 is 2.47 bits per heavy atom. The van der Waals surface area contributed by atoms with Crippen LogP contribution in [0, 0.1) is 5.82 Å². The standard InChI is InChI=1S/C23H27FN4O2/c1-4-15-27(23(30)25-6-3)20(5-2)21-26-19-10-8-7-9-18(19)22(29)28(21)17-13-11-16(24)12-14-17/h7-14,20H,4-6,15H2,1-3H3,(H,25,30). The third-order valence-corrected chi connectivity index (χ3v) is 5.00. The quantitative estimate of drug-likeness (QED) is 0.627. The molecular weight excluding hydrogens is 383 g/mol. The van der Waals surface area contributed by atoms with Crippen molar-refractivity contribution in [3.8, 4) is 5.69 Å². The highest BCUT2D eigenvalue weighted by Crippen LogP contribution is 2.26. The minimum atomic E-state index is -0.418. The fourth-order valence-corrected chi connectivity index (χ4v) is 3.65. The van der Waals surface area contributed by atoms with Crippen LogP contribution < -0.4 is 10.9 Å². The average Bonchev–Trinajstić information content (AvgIpc) is 2.75. The van der Waals surface area contributed by atoms with E-state index in [1.165, 1.54) is 16.7 Å². The Morgan fingerprint density at radius 2 is 1.83 bits per heavy atom. The molecule has 0 saturated carbocycles. The predicted octanol–water partition coefficient (Wildman–Crippen LogP) is 4.42. The smallest absolute Gasteiger partial charge is 0.318 e. The van der Waals surface area contributed by atoms with Crippen LogP contribution in [0.3, 0.4) is 0 Å². The number of aromatic nitrogens is 2. The zero-order valence-corrected chi connectivity index (χ0v) is 17.6. The summed E-state index contributed by atoms with van der Waals surface area (Å²) in [6.45, 7) is 6.86. The van der Waals surface area contributed by atoms with E-state index in [9.17, 15) is 14.0 Å². The van der Waals surface area contributed by atoms with E-state index >= 15 is 0 Å². The molecule has 30 heavy (non-hydrogen) atoms. The Labute approximate surface area is 175 Å². The van der Waals surface area contributed by atoms with Crippen LogP contribution in [0.15, 0.2) is 53.3 Å². The molecule has 0 fully saturated rings. The number of hydrogen-bond donors (Lipinski definition) is 1. The molecule has 0 radical (unpaired) electrons. The minimum Gasteiger partial charge on any atom is -0.338 e. The Hall–Kier alpha value is -3.22. The molecule has 0 bridgehead atoms. The molecule has 1 N–H and O–H groups in total. The van der Waals surface area contributed by atoms with Gasteiger partial charge in [0.05, 0.1) is 22.6 Å². The predicted molar refractivity (Wildman–Crippen MR) is 116 cm³/mol. The first-order valence-electron chi connectivity index (χ1n) is 10.3. The van der Waals surface area contributed by atoms with Gasteiger partial charge in [0.1, 0.15) is 11.6 Å². The number of benzene rings is 2. The van der Waals surface area contributed by atoms with Crippen LogP contribution in [0.25, 0.3) is 16.6 Å². The topological polar surface area (TPSA) is 67.2 Å². The van der Waals surface area contributed by atoms with Crippen LogP contribution >= 0.6 is 0 Å². The zero-order chi connectivity index (χ0) is 21.7. The van der Waals surface area contributed by atoms with Gasteiger partial charge in [0, 0.05) is 13.1 Å². The van der Waals surface area contributed by atoms with Gasteiger partial charge in [-0.15, -0.1) is 0 Å². The zero-order valence-electron chi connectivity index (χ0n) is 17.6. The number of para-hydroxylation sites is 1. The lowest BCUT2D eigenvalue weighted by atomic mass is 10.1. The lowest BCUT2D eigenvalue weighted by Crippen LogP contribution is -2.44. The summed E-state index contributed by atoms with van der Waals surface area (Å²) >= 11 is 0. The van der Waals surface area contributed by atoms with Crippen molar-refractivity contribution in [1.82, 2.24) is 19.8 Å². The van der Waals surface area contributed by atoms with Crippen LogP contribution in [0.4, 0.5) is 9.18 Å². The number of carbonyl (C=O) groups excluding carboxylic acids is 1. The fourth-order valence-electron chi connectivity index (χ4n) is 3.65. The van der Waals surface area contributed by atoms with Gasteiger partial charge in [0.15, 0.2) is 0 Å². The minimum absolute atomic E-state index is 0.195. The third kappa shape index (κ3) is 4.20. The molecule has 1 unspecified atom stereocenters. The van der Waals surface area contributed by atoms with Crippen molar-refractivity contribution in [2.24, 2.45) is 0 Å². The van der Waals surface area contributed by atoms with Crippen molar-refractivity contribution in [2.75, 3.05) is 13.1 Å². The normalized spacial score (nSPS) is 12.0. The molecule has 158 valence electrons. The van der Waals surface area contributed by atoms with Crippen molar-refractivity contribution in [1.29, 1.82) is 0 Å². The lowest BCUT2D eigenvalue weighted by molar-refractivity contribution is 0.168. The van der Waals surface area contributed by atoms with Gasteiger partial charge in [-0.1, -0.05) is 26.0 Å². The van der Waals surface area contributed by atoms with E-state index in [2.05, 4.69) is 5.32 Å². The third-order valence-electron chi connectivity index (χ3n) is 5.00. The van der Waals surface area contributed by atoms with Gasteiger partial charge >= 0.3 is 6.03 Å². The maximum atomic E-state index is 13.5. The maximum Gasteiger partial charge on any atom is 0.318 e. The second-order valence-corrected chi connectivity index (χ2v) is 7.06. The number of amides is 2. The fraction of sp³-hybridized carbons (Fsp3) is 0.348. The van der Waals surface area contributed by atoms with Crippen molar-refractivity contribution in [3.63, 3.8) is 0 Å². The molecule has 1 aromatic heterocycles. The van der Waals surface area contributed by atoms with Gasteiger partial charge < -0.3 is 10.2 Å². The molecule has 3 rings (SSSR count). The summed E-state index contributed by atoms with van der Waals surface area (Å²) in [6, 6.07) is 12.3. The molecule has 0 saturated heterocycles. The summed E-state index contributed by atoms with van der Waals surface area (Å²) in [5.74, 6) is 0.0802. The molecule has 1 atom stereocenters. The highest BCUT2D eigenvalue weighted by Gasteiger charge is 2.28. The van der Waals surface area contributed by atoms with Gasteiger partial charge in [-0.2, -0.15) is 0 Å². The second kappa shape index (κ2) is 9.52. The molecule has 7 heteroatoms. The molecule has 0 aliphatic heterocycles. The summed E-state index contributed by atoms with van der Waals surface area (Å²) in [6.07, 6.45) is 1.34. The van der Waals surface area contributed by atoms with Gasteiger partial charge in [0.25, 0.3) is 5.56 Å². The van der Waals surface area contributed by atoms with Crippen LogP contribution in [0.5, 0.6) is 0 Å². The highest BCUT2D eigenvalue weighted by molar-refractivity contribution is 5.78. The summed E-state index contributed by atoms with van der Waals surface area (Å²) in [5.41, 5.74) is 0.843. The number of halogens is 1. The van der Waals surface area contributed by atoms with Crippen LogP contribution in [-0.2, 0) is 0 Å². The largest absolute Gasteiger partial charge is 0.338 e. The van der Waals surface area contributed by atoms with E-state index in [0.717, 1.165) is 6.42 Å². The van der Waals surface area contributed by atoms with E-state index in [1.54, 1.807) is 35.2 Å². The highest BCUT2D eigenvalue weighted by atomic mass is 19.1. The van der Waals surface area contributed by atoms with Crippen molar-refractivity contribution in [3.05, 3.63) is 70.5 Å². The average molecular weight is 410 g/mol. The molecule has 3 aromatic rings. The van der Waals surface area contributed by atoms with E-state index in [0.29, 0.717) is 41.9 Å². The Morgan fingerprint density at radius 1 is 1.13 bits per heavy atom. The summed E-state index contributed by atoms with van der Waals surface area (Å²) in [5, 5.41) is 3.33. The summed E-state index contributed by atoms with van der Waals surface area (Å²) in [4.78, 5) is 32.8. The number of urea groups is 1. The molecule has 2 aromatic carbocycles. The van der Waals surface area contributed by atoms with Crippen molar-refractivity contribution >= 4 is 16.9 Å². The summed E-state index contributed by atoms with van der Waals surface area (Å²) in [7, 11) is 0. The van der Waals surface area contributed by atoms with Gasteiger partial charge in [-0.25, -0.2) is 14.2 Å². The number of rotatable bonds is 7. The SMILES string of the molecule is CCCN(C(=O)NCC)C(CC)c1nc2ccccc2c(=O)n1-c1ccc(F)cc1. The molecule has 6 nitrogen and oxygen atoms in total. The van der Waals surface area contributed by atoms with Gasteiger partial charge in [0.2, 0.25) is 0 Å². The maximum absolute atomic E-state index is 13.5. The van der Waals surface area contributed by atoms with E-state index in [-0.39, 0.29) is 17.4 Å². The number of hydrogen-bond acceptors (Lipinski definition) is 3. The van der Waals surface area contributed by atoms with E-state index in [4.69, 9.17) is 4.98 Å². The Kier molecular flexibility index (Phi) is 6.82. The molecule has 1 heterocycles. The van der Waals surface area contributed by atoms with Gasteiger partial charge in [-0.05, 0) is 56.2 Å². The van der Waals surface area contributed by atoms with E-state index < -0.39 is 6.04 Å². The molecular formula is C23H27FN4O2. The van der Waals surface area contributed by atoms with Crippen molar-refractivity contribution in [2.45, 2.75) is 39.7 Å². The van der Waals surface area contributed by atoms with Crippen molar-refractivity contribution < 1.29 is 9.18 Å². The van der Waals surface area contributed by atoms with Crippen LogP contribution in [0.1, 0.15) is 45.5 Å². The monoisotopic (exact) mass is 410 g/mol. The van der Waals surface area contributed by atoms with Crippen LogP contribution in [-0.4, -0.2) is 33.6 Å². The first-order chi connectivity index (χ1) is 14.5. The van der Waals surface area contributed by atoms with Gasteiger partial charge in [-0.3, -0.25) is 9.36 Å². The number of nitrogens with one attached hydrogen (secondary N) is 1. The number of nitrogens with zero attached hydrogens (tertiary/aromatic N) is 3. The molecule has 0 aliphatic rings.